The van der Waals surface area contributed by atoms with Crippen LogP contribution in [0, 0.1) is 0 Å². The lowest BCUT2D eigenvalue weighted by Crippen LogP contribution is -2.23. The molecule has 0 aromatic heterocycles. The average molecular weight is 399 g/mol. The molecule has 0 heterocycles. The minimum absolute atomic E-state index is 0. The Morgan fingerprint density at radius 3 is 2.39 bits per heavy atom. The lowest BCUT2D eigenvalue weighted by atomic mass is 10.00. The molecule has 1 unspecified atom stereocenters. The van der Waals surface area contributed by atoms with E-state index in [1.54, 1.807) is 0 Å². The van der Waals surface area contributed by atoms with E-state index in [1.165, 1.54) is 0 Å². The number of esters is 1. The van der Waals surface area contributed by atoms with Crippen molar-refractivity contribution in [2.75, 3.05) is 18.6 Å². The number of hydrogen-bond donors (Lipinski definition) is 0. The maximum absolute atomic E-state index is 12.1. The summed E-state index contributed by atoms with van der Waals surface area (Å²) in [6.45, 7) is 4.28. The van der Waals surface area contributed by atoms with Crippen molar-refractivity contribution in [1.82, 2.24) is 0 Å². The van der Waals surface area contributed by atoms with E-state index < -0.39 is 0 Å². The smallest absolute Gasteiger partial charge is 0.338 e. The number of rotatable bonds is 5. The molecule has 0 fully saturated rings. The summed E-state index contributed by atoms with van der Waals surface area (Å²) in [7, 11) is 2.02. The molecule has 0 radical (unpaired) electrons. The summed E-state index contributed by atoms with van der Waals surface area (Å²) < 4.78 is 6.20. The van der Waals surface area contributed by atoms with Gasteiger partial charge in [-0.15, -0.1) is 12.4 Å². The lowest BCUT2D eigenvalue weighted by Gasteiger charge is -2.28. The monoisotopic (exact) mass is 397 g/mol. The van der Waals surface area contributed by atoms with E-state index in [0.29, 0.717) is 12.2 Å². The molecule has 0 spiro atoms. The maximum atomic E-state index is 12.1. The van der Waals surface area contributed by atoms with Crippen LogP contribution in [0.3, 0.4) is 0 Å². The third-order valence-corrected chi connectivity index (χ3v) is 4.25. The summed E-state index contributed by atoms with van der Waals surface area (Å²) >= 11 is 3.44. The van der Waals surface area contributed by atoms with E-state index in [4.69, 9.17) is 4.74 Å². The zero-order valence-electron chi connectivity index (χ0n) is 13.5. The van der Waals surface area contributed by atoms with Crippen LogP contribution in [0.15, 0.2) is 53.0 Å². The van der Waals surface area contributed by atoms with Gasteiger partial charge in [-0.1, -0.05) is 34.1 Å². The zero-order valence-corrected chi connectivity index (χ0v) is 15.9. The van der Waals surface area contributed by atoms with Crippen molar-refractivity contribution in [2.45, 2.75) is 19.9 Å². The molecule has 0 bridgehead atoms. The third kappa shape index (κ3) is 4.72. The molecule has 0 N–H and O–H groups in total. The van der Waals surface area contributed by atoms with Gasteiger partial charge in [0.25, 0.3) is 0 Å². The molecule has 0 aliphatic carbocycles. The van der Waals surface area contributed by atoms with E-state index in [0.717, 1.165) is 15.7 Å². The molecular weight excluding hydrogens is 378 g/mol. The van der Waals surface area contributed by atoms with Crippen molar-refractivity contribution in [3.05, 3.63) is 64.1 Å². The number of hydrogen-bond acceptors (Lipinski definition) is 3. The fourth-order valence-electron chi connectivity index (χ4n) is 2.36. The second-order valence-electron chi connectivity index (χ2n) is 5.07. The highest BCUT2D eigenvalue weighted by molar-refractivity contribution is 9.10. The summed E-state index contributed by atoms with van der Waals surface area (Å²) in [4.78, 5) is 14.3. The van der Waals surface area contributed by atoms with E-state index in [9.17, 15) is 4.79 Å². The highest BCUT2D eigenvalue weighted by atomic mass is 79.9. The first-order chi connectivity index (χ1) is 10.5. The van der Waals surface area contributed by atoms with Crippen molar-refractivity contribution in [3.63, 3.8) is 0 Å². The highest BCUT2D eigenvalue weighted by Gasteiger charge is 2.19. The Morgan fingerprint density at radius 2 is 1.78 bits per heavy atom. The van der Waals surface area contributed by atoms with Crippen molar-refractivity contribution in [3.8, 4) is 0 Å². The van der Waals surface area contributed by atoms with Gasteiger partial charge in [-0.25, -0.2) is 4.79 Å². The first-order valence-corrected chi connectivity index (χ1v) is 8.08. The van der Waals surface area contributed by atoms with Crippen LogP contribution in [0.5, 0.6) is 0 Å². The Bertz CT molecular complexity index is 646. The van der Waals surface area contributed by atoms with Gasteiger partial charge in [0.1, 0.15) is 0 Å². The summed E-state index contributed by atoms with van der Waals surface area (Å²) in [6, 6.07) is 15.8. The van der Waals surface area contributed by atoms with Crippen LogP contribution in [0.2, 0.25) is 0 Å². The van der Waals surface area contributed by atoms with Gasteiger partial charge in [-0.2, -0.15) is 0 Å². The summed E-state index contributed by atoms with van der Waals surface area (Å²) in [5.74, 6) is -0.269. The lowest BCUT2D eigenvalue weighted by molar-refractivity contribution is 0.0524. The summed E-state index contributed by atoms with van der Waals surface area (Å²) in [5, 5.41) is 0. The van der Waals surface area contributed by atoms with Gasteiger partial charge in [0.15, 0.2) is 0 Å². The van der Waals surface area contributed by atoms with Gasteiger partial charge < -0.3 is 9.64 Å². The van der Waals surface area contributed by atoms with Crippen LogP contribution in [-0.4, -0.2) is 19.6 Å². The van der Waals surface area contributed by atoms with E-state index >= 15 is 0 Å². The van der Waals surface area contributed by atoms with Gasteiger partial charge in [-0.3, -0.25) is 0 Å². The predicted octanol–water partition coefficient (Wildman–Crippen LogP) is 5.25. The SMILES string of the molecule is CCOC(=O)c1ccccc1C(C)N(C)c1ccc(Br)cc1.Cl. The van der Waals surface area contributed by atoms with E-state index in [1.807, 2.05) is 62.5 Å². The zero-order chi connectivity index (χ0) is 16.1. The number of carbonyl (C=O) groups excluding carboxylic acids is 1. The Labute approximate surface area is 152 Å². The largest absolute Gasteiger partial charge is 0.462 e. The Balaban J connectivity index is 0.00000264. The quantitative estimate of drug-likeness (QED) is 0.645. The number of ether oxygens (including phenoxy) is 1. The second-order valence-corrected chi connectivity index (χ2v) is 5.99. The van der Waals surface area contributed by atoms with Gasteiger partial charge in [0.2, 0.25) is 0 Å². The maximum Gasteiger partial charge on any atom is 0.338 e. The molecule has 23 heavy (non-hydrogen) atoms. The molecule has 3 nitrogen and oxygen atoms in total. The number of nitrogens with zero attached hydrogens (tertiary/aromatic N) is 1. The van der Waals surface area contributed by atoms with Gasteiger partial charge in [0.05, 0.1) is 18.2 Å². The molecule has 2 aromatic carbocycles. The first kappa shape index (κ1) is 19.5. The number of halogens is 2. The molecule has 0 saturated heterocycles. The van der Waals surface area contributed by atoms with Crippen molar-refractivity contribution in [2.24, 2.45) is 0 Å². The standard InChI is InChI=1S/C18H20BrNO2.ClH/c1-4-22-18(21)17-8-6-5-7-16(17)13(2)20(3)15-11-9-14(19)10-12-15;/h5-13H,4H2,1-3H3;1H. The minimum Gasteiger partial charge on any atom is -0.462 e. The van der Waals surface area contributed by atoms with E-state index in [-0.39, 0.29) is 24.4 Å². The van der Waals surface area contributed by atoms with Crippen molar-refractivity contribution >= 4 is 40.0 Å². The van der Waals surface area contributed by atoms with Crippen LogP contribution in [0.25, 0.3) is 0 Å². The molecular formula is C18H21BrClNO2. The number of carbonyl (C=O) groups is 1. The predicted molar refractivity (Wildman–Crippen MR) is 101 cm³/mol. The normalized spacial score (nSPS) is 11.3. The first-order valence-electron chi connectivity index (χ1n) is 7.29. The van der Waals surface area contributed by atoms with Crippen molar-refractivity contribution in [1.29, 1.82) is 0 Å². The highest BCUT2D eigenvalue weighted by Crippen LogP contribution is 2.28. The molecule has 0 aliphatic rings. The molecule has 0 aliphatic heterocycles. The number of benzene rings is 2. The van der Waals surface area contributed by atoms with Crippen LogP contribution in [-0.2, 0) is 4.74 Å². The third-order valence-electron chi connectivity index (χ3n) is 3.72. The Kier molecular flexibility index (Phi) is 7.59. The van der Waals surface area contributed by atoms with Gasteiger partial charge >= 0.3 is 5.97 Å². The average Bonchev–Trinajstić information content (AvgIpc) is 2.54. The minimum atomic E-state index is -0.269. The molecule has 5 heteroatoms. The Morgan fingerprint density at radius 1 is 1.17 bits per heavy atom. The second kappa shape index (κ2) is 8.94. The topological polar surface area (TPSA) is 29.5 Å². The molecule has 0 amide bonds. The number of anilines is 1. The fraction of sp³-hybridized carbons (Fsp3) is 0.278. The molecule has 1 atom stereocenters. The molecule has 2 rings (SSSR count). The molecule has 124 valence electrons. The van der Waals surface area contributed by atoms with Crippen LogP contribution < -0.4 is 4.90 Å². The van der Waals surface area contributed by atoms with Crippen LogP contribution in [0.4, 0.5) is 5.69 Å². The molecule has 0 saturated carbocycles. The Hall–Kier alpha value is -1.52. The molecule has 2 aromatic rings. The van der Waals surface area contributed by atoms with E-state index in [2.05, 4.69) is 27.8 Å². The summed E-state index contributed by atoms with van der Waals surface area (Å²) in [5.41, 5.74) is 2.68. The van der Waals surface area contributed by atoms with Gasteiger partial charge in [-0.05, 0) is 49.7 Å². The summed E-state index contributed by atoms with van der Waals surface area (Å²) in [6.07, 6.45) is 0. The fourth-order valence-corrected chi connectivity index (χ4v) is 2.63. The van der Waals surface area contributed by atoms with Crippen molar-refractivity contribution < 1.29 is 9.53 Å². The van der Waals surface area contributed by atoms with Crippen LogP contribution >= 0.6 is 28.3 Å². The van der Waals surface area contributed by atoms with Gasteiger partial charge in [0, 0.05) is 17.2 Å². The van der Waals surface area contributed by atoms with Crippen LogP contribution in [0.1, 0.15) is 35.8 Å².